The minimum atomic E-state index is -1.10. The Kier molecular flexibility index (Phi) is 4.68. The number of anilines is 2. The fourth-order valence-electron chi connectivity index (χ4n) is 2.87. The van der Waals surface area contributed by atoms with Gasteiger partial charge in [0, 0.05) is 31.0 Å². The highest BCUT2D eigenvalue weighted by atomic mass is 16.4. The van der Waals surface area contributed by atoms with Crippen LogP contribution in [0.15, 0.2) is 24.3 Å². The predicted octanol–water partition coefficient (Wildman–Crippen LogP) is 2.99. The number of nitrogens with one attached hydrogen (secondary N) is 1. The van der Waals surface area contributed by atoms with Crippen LogP contribution in [0.2, 0.25) is 0 Å². The zero-order valence-corrected chi connectivity index (χ0v) is 13.6. The summed E-state index contributed by atoms with van der Waals surface area (Å²) in [5, 5.41) is 20.4. The van der Waals surface area contributed by atoms with Crippen LogP contribution >= 0.6 is 0 Å². The molecule has 0 aliphatic carbocycles. The molecule has 126 valence electrons. The number of carboxylic acid groups (broad SMARTS) is 2. The van der Waals surface area contributed by atoms with E-state index in [-0.39, 0.29) is 11.5 Å². The number of nitrogens with zero attached hydrogens (tertiary/aromatic N) is 2. The maximum absolute atomic E-state index is 11.4. The van der Waals surface area contributed by atoms with E-state index in [1.807, 2.05) is 32.9 Å². The molecule has 1 saturated heterocycles. The van der Waals surface area contributed by atoms with Crippen LogP contribution in [0.5, 0.6) is 0 Å². The number of amides is 2. The average Bonchev–Trinajstić information content (AvgIpc) is 2.46. The number of piperazine rings is 1. The van der Waals surface area contributed by atoms with Crippen LogP contribution in [0, 0.1) is 5.41 Å². The summed E-state index contributed by atoms with van der Waals surface area (Å²) in [6.45, 7) is 7.80. The third kappa shape index (κ3) is 4.06. The van der Waals surface area contributed by atoms with Gasteiger partial charge in [-0.15, -0.1) is 0 Å². The zero-order chi connectivity index (χ0) is 17.2. The zero-order valence-electron chi connectivity index (χ0n) is 13.6. The SMILES string of the molecule is CC(C)(C)C1CN(c2ccc(NC(=O)O)cc2)CCN1C(=O)O. The lowest BCUT2D eigenvalue weighted by Crippen LogP contribution is -2.59. The fraction of sp³-hybridized carbons (Fsp3) is 0.500. The van der Waals surface area contributed by atoms with Gasteiger partial charge in [-0.05, 0) is 29.7 Å². The summed E-state index contributed by atoms with van der Waals surface area (Å²) in [6.07, 6.45) is -1.98. The minimum Gasteiger partial charge on any atom is -0.465 e. The summed E-state index contributed by atoms with van der Waals surface area (Å²) >= 11 is 0. The molecule has 1 heterocycles. The monoisotopic (exact) mass is 321 g/mol. The molecule has 2 amide bonds. The third-order valence-corrected chi connectivity index (χ3v) is 4.11. The van der Waals surface area contributed by atoms with E-state index in [0.29, 0.717) is 25.3 Å². The highest BCUT2D eigenvalue weighted by Gasteiger charge is 2.38. The van der Waals surface area contributed by atoms with Gasteiger partial charge in [-0.2, -0.15) is 0 Å². The van der Waals surface area contributed by atoms with Crippen LogP contribution in [-0.4, -0.2) is 53.0 Å². The Morgan fingerprint density at radius 3 is 2.22 bits per heavy atom. The molecule has 1 atom stereocenters. The minimum absolute atomic E-state index is 0.106. The Labute approximate surface area is 135 Å². The molecule has 1 unspecified atom stereocenters. The molecule has 0 spiro atoms. The van der Waals surface area contributed by atoms with Crippen LogP contribution in [-0.2, 0) is 0 Å². The highest BCUT2D eigenvalue weighted by Crippen LogP contribution is 2.30. The van der Waals surface area contributed by atoms with Crippen molar-refractivity contribution in [2.75, 3.05) is 29.9 Å². The number of benzene rings is 1. The third-order valence-electron chi connectivity index (χ3n) is 4.11. The van der Waals surface area contributed by atoms with Gasteiger partial charge in [-0.1, -0.05) is 20.8 Å². The Morgan fingerprint density at radius 2 is 1.74 bits per heavy atom. The topological polar surface area (TPSA) is 93.1 Å². The van der Waals surface area contributed by atoms with Crippen molar-refractivity contribution < 1.29 is 19.8 Å². The second-order valence-electron chi connectivity index (χ2n) is 6.78. The quantitative estimate of drug-likeness (QED) is 0.778. The molecule has 7 heteroatoms. The van der Waals surface area contributed by atoms with E-state index in [1.54, 1.807) is 12.1 Å². The standard InChI is InChI=1S/C16H23N3O4/c1-16(2,3)13-10-18(8-9-19(13)15(22)23)12-6-4-11(5-7-12)17-14(20)21/h4-7,13,17H,8-10H2,1-3H3,(H,20,21)(H,22,23). The number of hydrogen-bond acceptors (Lipinski definition) is 3. The molecule has 23 heavy (non-hydrogen) atoms. The van der Waals surface area contributed by atoms with Gasteiger partial charge in [0.15, 0.2) is 0 Å². The van der Waals surface area contributed by atoms with Gasteiger partial charge < -0.3 is 20.0 Å². The Balaban J connectivity index is 2.15. The molecule has 0 saturated carbocycles. The van der Waals surface area contributed by atoms with Crippen molar-refractivity contribution in [1.29, 1.82) is 0 Å². The molecule has 1 aliphatic heterocycles. The van der Waals surface area contributed by atoms with Gasteiger partial charge in [0.05, 0.1) is 6.04 Å². The molecular weight excluding hydrogens is 298 g/mol. The first kappa shape index (κ1) is 16.9. The van der Waals surface area contributed by atoms with Gasteiger partial charge in [0.25, 0.3) is 0 Å². The van der Waals surface area contributed by atoms with Crippen molar-refractivity contribution in [2.45, 2.75) is 26.8 Å². The van der Waals surface area contributed by atoms with Gasteiger partial charge in [-0.25, -0.2) is 9.59 Å². The number of hydrogen-bond donors (Lipinski definition) is 3. The lowest BCUT2D eigenvalue weighted by atomic mass is 9.84. The van der Waals surface area contributed by atoms with Crippen molar-refractivity contribution in [1.82, 2.24) is 4.90 Å². The lowest BCUT2D eigenvalue weighted by molar-refractivity contribution is 0.0748. The summed E-state index contributed by atoms with van der Waals surface area (Å²) in [7, 11) is 0. The van der Waals surface area contributed by atoms with E-state index in [0.717, 1.165) is 5.69 Å². The van der Waals surface area contributed by atoms with Gasteiger partial charge in [-0.3, -0.25) is 5.32 Å². The molecule has 1 aromatic rings. The molecule has 1 aromatic carbocycles. The summed E-state index contributed by atoms with van der Waals surface area (Å²) in [5.41, 5.74) is 1.31. The first-order valence-corrected chi connectivity index (χ1v) is 7.53. The normalized spacial score (nSPS) is 18.7. The van der Waals surface area contributed by atoms with E-state index < -0.39 is 12.2 Å². The van der Waals surface area contributed by atoms with Gasteiger partial charge in [0.2, 0.25) is 0 Å². The summed E-state index contributed by atoms with van der Waals surface area (Å²) < 4.78 is 0. The van der Waals surface area contributed by atoms with Gasteiger partial charge >= 0.3 is 12.2 Å². The summed E-state index contributed by atoms with van der Waals surface area (Å²) in [5.74, 6) is 0. The van der Waals surface area contributed by atoms with Gasteiger partial charge in [0.1, 0.15) is 0 Å². The molecule has 0 radical (unpaired) electrons. The fourth-order valence-corrected chi connectivity index (χ4v) is 2.87. The van der Waals surface area contributed by atoms with Crippen LogP contribution < -0.4 is 10.2 Å². The maximum Gasteiger partial charge on any atom is 0.409 e. The van der Waals surface area contributed by atoms with Crippen molar-refractivity contribution in [3.8, 4) is 0 Å². The average molecular weight is 321 g/mol. The van der Waals surface area contributed by atoms with Crippen LogP contribution in [0.25, 0.3) is 0 Å². The van der Waals surface area contributed by atoms with E-state index >= 15 is 0 Å². The lowest BCUT2D eigenvalue weighted by Gasteiger charge is -2.46. The molecule has 1 fully saturated rings. The highest BCUT2D eigenvalue weighted by molar-refractivity contribution is 5.83. The molecule has 1 aliphatic rings. The molecular formula is C16H23N3O4. The number of carbonyl (C=O) groups is 2. The van der Waals surface area contributed by atoms with Crippen LogP contribution in [0.3, 0.4) is 0 Å². The summed E-state index contributed by atoms with van der Waals surface area (Å²) in [6, 6.07) is 7.01. The van der Waals surface area contributed by atoms with Crippen LogP contribution in [0.4, 0.5) is 21.0 Å². The van der Waals surface area contributed by atoms with Crippen molar-refractivity contribution in [3.63, 3.8) is 0 Å². The number of rotatable bonds is 2. The largest absolute Gasteiger partial charge is 0.465 e. The van der Waals surface area contributed by atoms with E-state index in [2.05, 4.69) is 10.2 Å². The first-order valence-electron chi connectivity index (χ1n) is 7.53. The van der Waals surface area contributed by atoms with Crippen LogP contribution in [0.1, 0.15) is 20.8 Å². The molecule has 0 bridgehead atoms. The Bertz CT molecular complexity index is 580. The van der Waals surface area contributed by atoms with E-state index in [1.165, 1.54) is 4.90 Å². The second-order valence-corrected chi connectivity index (χ2v) is 6.78. The van der Waals surface area contributed by atoms with Crippen molar-refractivity contribution in [2.24, 2.45) is 5.41 Å². The van der Waals surface area contributed by atoms with Crippen molar-refractivity contribution >= 4 is 23.6 Å². The Morgan fingerprint density at radius 1 is 1.13 bits per heavy atom. The summed E-state index contributed by atoms with van der Waals surface area (Å²) in [4.78, 5) is 25.7. The smallest absolute Gasteiger partial charge is 0.409 e. The molecule has 7 nitrogen and oxygen atoms in total. The second kappa shape index (κ2) is 6.36. The van der Waals surface area contributed by atoms with E-state index in [4.69, 9.17) is 5.11 Å². The molecule has 3 N–H and O–H groups in total. The predicted molar refractivity (Wildman–Crippen MR) is 88.3 cm³/mol. The molecule has 2 rings (SSSR count). The Hall–Kier alpha value is -2.44. The first-order chi connectivity index (χ1) is 10.7. The maximum atomic E-state index is 11.4. The van der Waals surface area contributed by atoms with E-state index in [9.17, 15) is 14.7 Å². The van der Waals surface area contributed by atoms with Crippen molar-refractivity contribution in [3.05, 3.63) is 24.3 Å². The molecule has 0 aromatic heterocycles.